The number of benzene rings is 1. The molecule has 0 spiro atoms. The SMILES string of the molecule is COC(=O)c1c(C)[nH]c(C(=O)[C@H](C)[NH+](C)CC(=O)Nc2c(C)cc(C)cc2C)c1C. The minimum Gasteiger partial charge on any atom is -0.465 e. The largest absolute Gasteiger partial charge is 0.465 e. The van der Waals surface area contributed by atoms with Gasteiger partial charge in [0.05, 0.1) is 25.4 Å². The van der Waals surface area contributed by atoms with E-state index in [9.17, 15) is 14.4 Å². The van der Waals surface area contributed by atoms with Crippen LogP contribution in [-0.4, -0.2) is 49.4 Å². The summed E-state index contributed by atoms with van der Waals surface area (Å²) in [6.07, 6.45) is 0. The first kappa shape index (κ1) is 23.3. The number of Topliss-reactive ketones (excluding diaryl/α,β-unsaturated/α-hetero) is 1. The average Bonchev–Trinajstić information content (AvgIpc) is 2.96. The Kier molecular flexibility index (Phi) is 7.21. The molecule has 0 bridgehead atoms. The third-order valence-corrected chi connectivity index (χ3v) is 5.59. The average molecular weight is 415 g/mol. The smallest absolute Gasteiger partial charge is 0.339 e. The van der Waals surface area contributed by atoms with Crippen molar-refractivity contribution in [1.82, 2.24) is 4.98 Å². The summed E-state index contributed by atoms with van der Waals surface area (Å²) < 4.78 is 4.81. The van der Waals surface area contributed by atoms with Crippen molar-refractivity contribution in [2.75, 3.05) is 26.0 Å². The molecule has 1 unspecified atom stereocenters. The highest BCUT2D eigenvalue weighted by atomic mass is 16.5. The number of nitrogens with one attached hydrogen (secondary N) is 3. The summed E-state index contributed by atoms with van der Waals surface area (Å²) in [6.45, 7) is 11.3. The number of ketones is 1. The molecule has 0 aliphatic carbocycles. The van der Waals surface area contributed by atoms with Crippen LogP contribution in [0.15, 0.2) is 12.1 Å². The molecular formula is C23H32N3O4+. The number of quaternary nitrogens is 1. The molecule has 0 aliphatic rings. The van der Waals surface area contributed by atoms with Crippen LogP contribution < -0.4 is 10.2 Å². The Balaban J connectivity index is 2.13. The molecule has 1 aromatic heterocycles. The lowest BCUT2D eigenvalue weighted by atomic mass is 10.0. The van der Waals surface area contributed by atoms with Crippen LogP contribution in [0.5, 0.6) is 0 Å². The van der Waals surface area contributed by atoms with Crippen molar-refractivity contribution in [2.45, 2.75) is 47.6 Å². The van der Waals surface area contributed by atoms with Gasteiger partial charge in [0.2, 0.25) is 5.78 Å². The highest BCUT2D eigenvalue weighted by Gasteiger charge is 2.30. The maximum absolute atomic E-state index is 13.0. The van der Waals surface area contributed by atoms with Gasteiger partial charge in [0.1, 0.15) is 0 Å². The lowest BCUT2D eigenvalue weighted by Crippen LogP contribution is -3.14. The van der Waals surface area contributed by atoms with Crippen molar-refractivity contribution in [3.63, 3.8) is 0 Å². The van der Waals surface area contributed by atoms with Crippen LogP contribution in [0.2, 0.25) is 0 Å². The molecule has 1 aromatic carbocycles. The first-order valence-electron chi connectivity index (χ1n) is 9.99. The Morgan fingerprint density at radius 2 is 1.67 bits per heavy atom. The van der Waals surface area contributed by atoms with E-state index in [1.165, 1.54) is 7.11 Å². The van der Waals surface area contributed by atoms with Crippen molar-refractivity contribution in [3.8, 4) is 0 Å². The number of carbonyl (C=O) groups excluding carboxylic acids is 3. The number of methoxy groups -OCH3 is 1. The van der Waals surface area contributed by atoms with E-state index in [0.717, 1.165) is 27.3 Å². The van der Waals surface area contributed by atoms with Crippen LogP contribution in [0.3, 0.4) is 0 Å². The third kappa shape index (κ3) is 4.79. The Morgan fingerprint density at radius 3 is 2.20 bits per heavy atom. The topological polar surface area (TPSA) is 92.7 Å². The van der Waals surface area contributed by atoms with Crippen molar-refractivity contribution in [2.24, 2.45) is 0 Å². The van der Waals surface area contributed by atoms with E-state index >= 15 is 0 Å². The molecule has 30 heavy (non-hydrogen) atoms. The second-order valence-corrected chi connectivity index (χ2v) is 8.05. The lowest BCUT2D eigenvalue weighted by molar-refractivity contribution is -0.885. The standard InChI is InChI=1S/C23H31N3O4/c1-12-9-13(2)20(14(3)10-12)25-18(27)11-26(7)17(6)22(28)21-15(4)19(16(5)24-21)23(29)30-8/h9-10,17,24H,11H2,1-8H3,(H,25,27)/p+1/t17-/m0/s1. The number of ether oxygens (including phenoxy) is 1. The van der Waals surface area contributed by atoms with Crippen molar-refractivity contribution in [1.29, 1.82) is 0 Å². The fraction of sp³-hybridized carbons (Fsp3) is 0.435. The van der Waals surface area contributed by atoms with E-state index < -0.39 is 12.0 Å². The van der Waals surface area contributed by atoms with E-state index in [0.29, 0.717) is 22.5 Å². The number of anilines is 1. The number of amides is 1. The molecule has 2 atom stereocenters. The van der Waals surface area contributed by atoms with E-state index in [-0.39, 0.29) is 18.2 Å². The first-order chi connectivity index (χ1) is 14.0. The molecule has 162 valence electrons. The van der Waals surface area contributed by atoms with Gasteiger partial charge in [-0.05, 0) is 58.2 Å². The number of aromatic amines is 1. The summed E-state index contributed by atoms with van der Waals surface area (Å²) >= 11 is 0. The molecule has 3 N–H and O–H groups in total. The van der Waals surface area contributed by atoms with E-state index in [1.54, 1.807) is 20.8 Å². The van der Waals surface area contributed by atoms with E-state index in [1.807, 2.05) is 40.0 Å². The monoisotopic (exact) mass is 414 g/mol. The molecule has 0 radical (unpaired) electrons. The van der Waals surface area contributed by atoms with Gasteiger partial charge in [-0.25, -0.2) is 4.79 Å². The van der Waals surface area contributed by atoms with Gasteiger partial charge in [0.25, 0.3) is 5.91 Å². The maximum Gasteiger partial charge on any atom is 0.339 e. The quantitative estimate of drug-likeness (QED) is 0.478. The molecule has 7 heteroatoms. The number of aryl methyl sites for hydroxylation is 4. The fourth-order valence-electron chi connectivity index (χ4n) is 3.81. The minimum absolute atomic E-state index is 0.141. The van der Waals surface area contributed by atoms with Crippen LogP contribution in [0.25, 0.3) is 0 Å². The number of hydrogen-bond donors (Lipinski definition) is 3. The zero-order chi connectivity index (χ0) is 22.7. The molecule has 0 saturated heterocycles. The minimum atomic E-state index is -0.475. The highest BCUT2D eigenvalue weighted by molar-refractivity contribution is 6.03. The van der Waals surface area contributed by atoms with Gasteiger partial charge in [0, 0.05) is 11.4 Å². The van der Waals surface area contributed by atoms with Gasteiger partial charge in [-0.2, -0.15) is 0 Å². The van der Waals surface area contributed by atoms with Crippen molar-refractivity contribution in [3.05, 3.63) is 51.3 Å². The second kappa shape index (κ2) is 9.26. The van der Waals surface area contributed by atoms with Gasteiger partial charge in [-0.1, -0.05) is 17.7 Å². The Bertz CT molecular complexity index is 968. The van der Waals surface area contributed by atoms with Crippen LogP contribution in [0.4, 0.5) is 5.69 Å². The Labute approximate surface area is 177 Å². The van der Waals surface area contributed by atoms with Crippen LogP contribution in [-0.2, 0) is 9.53 Å². The molecule has 1 heterocycles. The summed E-state index contributed by atoms with van der Waals surface area (Å²) in [7, 11) is 3.12. The van der Waals surface area contributed by atoms with Gasteiger partial charge in [0.15, 0.2) is 12.6 Å². The van der Waals surface area contributed by atoms with E-state index in [2.05, 4.69) is 10.3 Å². The number of hydrogen-bond acceptors (Lipinski definition) is 4. The Hall–Kier alpha value is -2.93. The molecule has 7 nitrogen and oxygen atoms in total. The summed E-state index contributed by atoms with van der Waals surface area (Å²) in [5.41, 5.74) is 5.91. The fourth-order valence-corrected chi connectivity index (χ4v) is 3.81. The molecular weight excluding hydrogens is 382 g/mol. The summed E-state index contributed by atoms with van der Waals surface area (Å²) in [6, 6.07) is 3.58. The number of H-pyrrole nitrogens is 1. The predicted molar refractivity (Wildman–Crippen MR) is 116 cm³/mol. The molecule has 0 fully saturated rings. The van der Waals surface area contributed by atoms with E-state index in [4.69, 9.17) is 4.74 Å². The number of rotatable bonds is 7. The zero-order valence-electron chi connectivity index (χ0n) is 19.1. The summed E-state index contributed by atoms with van der Waals surface area (Å²) in [5.74, 6) is -0.785. The van der Waals surface area contributed by atoms with Gasteiger partial charge >= 0.3 is 5.97 Å². The number of aromatic nitrogens is 1. The molecule has 0 saturated carbocycles. The van der Waals surface area contributed by atoms with Crippen LogP contribution in [0.1, 0.15) is 55.7 Å². The second-order valence-electron chi connectivity index (χ2n) is 8.05. The first-order valence-corrected chi connectivity index (χ1v) is 9.99. The highest BCUT2D eigenvalue weighted by Crippen LogP contribution is 2.22. The normalized spacial score (nSPS) is 12.9. The molecule has 2 rings (SSSR count). The van der Waals surface area contributed by atoms with Gasteiger partial charge in [-0.15, -0.1) is 0 Å². The van der Waals surface area contributed by atoms with Gasteiger partial charge < -0.3 is 19.9 Å². The molecule has 2 aromatic rings. The summed E-state index contributed by atoms with van der Waals surface area (Å²) in [5, 5.41) is 2.98. The third-order valence-electron chi connectivity index (χ3n) is 5.59. The van der Waals surface area contributed by atoms with Crippen LogP contribution >= 0.6 is 0 Å². The maximum atomic E-state index is 13.0. The van der Waals surface area contributed by atoms with Crippen LogP contribution in [0, 0.1) is 34.6 Å². The number of likely N-dealkylation sites (N-methyl/N-ethyl adjacent to an activating group) is 1. The number of esters is 1. The lowest BCUT2D eigenvalue weighted by Gasteiger charge is -2.21. The number of carbonyl (C=O) groups is 3. The molecule has 0 aliphatic heterocycles. The molecule has 1 amide bonds. The summed E-state index contributed by atoms with van der Waals surface area (Å²) in [4.78, 5) is 41.4. The van der Waals surface area contributed by atoms with Gasteiger partial charge in [-0.3, -0.25) is 9.59 Å². The van der Waals surface area contributed by atoms with Crippen molar-refractivity contribution >= 4 is 23.3 Å². The zero-order valence-corrected chi connectivity index (χ0v) is 19.1. The Morgan fingerprint density at radius 1 is 1.10 bits per heavy atom. The predicted octanol–water partition coefficient (Wildman–Crippen LogP) is 2.07. The van der Waals surface area contributed by atoms with Crippen molar-refractivity contribution < 1.29 is 24.0 Å².